The fraction of sp³-hybridized carbons (Fsp3) is 0.364. The van der Waals surface area contributed by atoms with Gasteiger partial charge in [-0.25, -0.2) is 4.52 Å². The number of ether oxygens (including phenoxy) is 1. The molecule has 2 heterocycles. The van der Waals surface area contributed by atoms with Crippen LogP contribution in [0.1, 0.15) is 13.8 Å². The average Bonchev–Trinajstić information content (AvgIpc) is 2.57. The maximum atomic E-state index is 9.59. The molecule has 0 spiro atoms. The Labute approximate surface area is 112 Å². The predicted molar refractivity (Wildman–Crippen MR) is 69.7 cm³/mol. The quantitative estimate of drug-likeness (QED) is 0.946. The van der Waals surface area contributed by atoms with Gasteiger partial charge in [-0.05, 0) is 35.8 Å². The second-order valence-electron chi connectivity index (χ2n) is 4.41. The van der Waals surface area contributed by atoms with Gasteiger partial charge in [0.15, 0.2) is 0 Å². The van der Waals surface area contributed by atoms with Gasteiger partial charge in [0.2, 0.25) is 0 Å². The van der Waals surface area contributed by atoms with Crippen molar-refractivity contribution in [2.75, 3.05) is 6.61 Å². The van der Waals surface area contributed by atoms with E-state index in [9.17, 15) is 5.11 Å². The van der Waals surface area contributed by atoms with Gasteiger partial charge < -0.3 is 9.84 Å². The van der Waals surface area contributed by atoms with Crippen LogP contribution in [0.25, 0.3) is 5.52 Å². The third-order valence-corrected chi connectivity index (χ3v) is 2.97. The zero-order valence-corrected chi connectivity index (χ0v) is 11.8. The Morgan fingerprint density at radius 2 is 2.29 bits per heavy atom. The molecule has 0 aliphatic carbocycles. The number of fused-ring (bicyclic) bond motifs is 1. The highest BCUT2D eigenvalue weighted by atomic mass is 79.9. The zero-order chi connectivity index (χ0) is 12.6. The van der Waals surface area contributed by atoms with Crippen molar-refractivity contribution >= 4 is 33.0 Å². The van der Waals surface area contributed by atoms with Crippen LogP contribution in [0, 0.1) is 0 Å². The Morgan fingerprint density at radius 1 is 1.59 bits per heavy atom. The smallest absolute Gasteiger partial charge is 0.138 e. The topological polar surface area (TPSA) is 46.8 Å². The van der Waals surface area contributed by atoms with Gasteiger partial charge in [-0.15, -0.1) is 0 Å². The van der Waals surface area contributed by atoms with Crippen molar-refractivity contribution < 1.29 is 9.84 Å². The minimum absolute atomic E-state index is 0.208. The van der Waals surface area contributed by atoms with Crippen LogP contribution in [-0.4, -0.2) is 26.9 Å². The van der Waals surface area contributed by atoms with E-state index in [-0.39, 0.29) is 6.61 Å². The van der Waals surface area contributed by atoms with Crippen molar-refractivity contribution in [1.29, 1.82) is 0 Å². The molecule has 0 bridgehead atoms. The van der Waals surface area contributed by atoms with Crippen LogP contribution in [0.15, 0.2) is 22.9 Å². The van der Waals surface area contributed by atoms with Crippen LogP contribution in [0.2, 0.25) is 5.02 Å². The van der Waals surface area contributed by atoms with Gasteiger partial charge in [0.1, 0.15) is 12.4 Å². The van der Waals surface area contributed by atoms with Gasteiger partial charge in [-0.1, -0.05) is 11.6 Å². The van der Waals surface area contributed by atoms with Gasteiger partial charge in [-0.2, -0.15) is 5.10 Å². The number of nitrogens with zero attached hydrogens (tertiary/aromatic N) is 2. The van der Waals surface area contributed by atoms with E-state index in [1.54, 1.807) is 36.8 Å². The summed E-state index contributed by atoms with van der Waals surface area (Å²) in [5.74, 6) is 0.617. The summed E-state index contributed by atoms with van der Waals surface area (Å²) < 4.78 is 7.92. The minimum atomic E-state index is -0.872. The van der Waals surface area contributed by atoms with Crippen LogP contribution >= 0.6 is 27.5 Å². The van der Waals surface area contributed by atoms with E-state index in [2.05, 4.69) is 21.0 Å². The van der Waals surface area contributed by atoms with E-state index in [0.717, 1.165) is 9.99 Å². The molecular weight excluding hydrogens is 307 g/mol. The van der Waals surface area contributed by atoms with Crippen molar-refractivity contribution in [2.24, 2.45) is 0 Å². The molecule has 0 aliphatic rings. The van der Waals surface area contributed by atoms with E-state index in [4.69, 9.17) is 16.3 Å². The maximum Gasteiger partial charge on any atom is 0.138 e. The molecule has 0 saturated heterocycles. The molecule has 0 fully saturated rings. The second kappa shape index (κ2) is 4.48. The molecule has 2 aromatic rings. The largest absolute Gasteiger partial charge is 0.489 e. The summed E-state index contributed by atoms with van der Waals surface area (Å²) in [6.45, 7) is 3.58. The van der Waals surface area contributed by atoms with Crippen LogP contribution in [0.3, 0.4) is 0 Å². The van der Waals surface area contributed by atoms with Crippen LogP contribution in [-0.2, 0) is 0 Å². The lowest BCUT2D eigenvalue weighted by Crippen LogP contribution is -2.27. The Hall–Kier alpha value is -0.780. The lowest BCUT2D eigenvalue weighted by Gasteiger charge is -2.17. The molecule has 0 aliphatic heterocycles. The van der Waals surface area contributed by atoms with Crippen LogP contribution in [0.4, 0.5) is 0 Å². The van der Waals surface area contributed by atoms with Gasteiger partial charge >= 0.3 is 0 Å². The molecule has 0 amide bonds. The molecule has 2 aromatic heterocycles. The first kappa shape index (κ1) is 12.7. The molecular formula is C11H12BrClN2O2. The standard InChI is InChI=1S/C11H12BrClN2O2/c1-11(2,16)6-17-7-3-8(12)10-9(13)4-14-15(10)5-7/h3-5,16H,6H2,1-2H3. The van der Waals surface area contributed by atoms with Gasteiger partial charge in [-0.3, -0.25) is 0 Å². The fourth-order valence-corrected chi connectivity index (χ4v) is 2.32. The monoisotopic (exact) mass is 318 g/mol. The fourth-order valence-electron chi connectivity index (χ4n) is 1.35. The predicted octanol–water partition coefficient (Wildman–Crippen LogP) is 2.90. The summed E-state index contributed by atoms with van der Waals surface area (Å²) in [4.78, 5) is 0. The molecule has 0 atom stereocenters. The first-order valence-corrected chi connectivity index (χ1v) is 6.21. The number of hydrogen-bond acceptors (Lipinski definition) is 3. The summed E-state index contributed by atoms with van der Waals surface area (Å²) >= 11 is 9.40. The zero-order valence-electron chi connectivity index (χ0n) is 9.44. The SMILES string of the molecule is CC(C)(O)COc1cc(Br)c2c(Cl)cnn2c1. The first-order chi connectivity index (χ1) is 7.87. The Balaban J connectivity index is 2.31. The molecule has 92 valence electrons. The Kier molecular flexibility index (Phi) is 3.34. The number of rotatable bonds is 3. The minimum Gasteiger partial charge on any atom is -0.489 e. The highest BCUT2D eigenvalue weighted by Crippen LogP contribution is 2.29. The van der Waals surface area contributed by atoms with Gasteiger partial charge in [0.05, 0.1) is 28.5 Å². The molecule has 0 aromatic carbocycles. The lowest BCUT2D eigenvalue weighted by atomic mass is 10.2. The number of halogens is 2. The number of hydrogen-bond donors (Lipinski definition) is 1. The average molecular weight is 320 g/mol. The molecule has 1 N–H and O–H groups in total. The van der Waals surface area contributed by atoms with Crippen LogP contribution < -0.4 is 4.74 Å². The maximum absolute atomic E-state index is 9.59. The van der Waals surface area contributed by atoms with Crippen molar-refractivity contribution in [1.82, 2.24) is 9.61 Å². The number of aliphatic hydroxyl groups is 1. The molecule has 2 rings (SSSR count). The number of aromatic nitrogens is 2. The summed E-state index contributed by atoms with van der Waals surface area (Å²) in [5, 5.41) is 14.3. The molecule has 17 heavy (non-hydrogen) atoms. The summed E-state index contributed by atoms with van der Waals surface area (Å²) in [6.07, 6.45) is 3.29. The van der Waals surface area contributed by atoms with E-state index in [1.165, 1.54) is 0 Å². The van der Waals surface area contributed by atoms with Crippen molar-refractivity contribution in [3.63, 3.8) is 0 Å². The molecule has 0 radical (unpaired) electrons. The highest BCUT2D eigenvalue weighted by Gasteiger charge is 2.14. The normalized spacial score (nSPS) is 12.1. The summed E-state index contributed by atoms with van der Waals surface area (Å²) in [7, 11) is 0. The summed E-state index contributed by atoms with van der Waals surface area (Å²) in [6, 6.07) is 1.80. The molecule has 0 unspecified atom stereocenters. The van der Waals surface area contributed by atoms with E-state index in [1.807, 2.05) is 0 Å². The van der Waals surface area contributed by atoms with E-state index in [0.29, 0.717) is 10.8 Å². The van der Waals surface area contributed by atoms with Gasteiger partial charge in [0.25, 0.3) is 0 Å². The molecule has 6 heteroatoms. The molecule has 4 nitrogen and oxygen atoms in total. The summed E-state index contributed by atoms with van der Waals surface area (Å²) in [5.41, 5.74) is -0.0781. The first-order valence-electron chi connectivity index (χ1n) is 5.04. The Bertz CT molecular complexity index is 548. The third-order valence-electron chi connectivity index (χ3n) is 2.09. The van der Waals surface area contributed by atoms with Crippen molar-refractivity contribution in [3.05, 3.63) is 28.0 Å². The Morgan fingerprint density at radius 3 is 2.94 bits per heavy atom. The third kappa shape index (κ3) is 2.91. The van der Waals surface area contributed by atoms with Crippen LogP contribution in [0.5, 0.6) is 5.75 Å². The van der Waals surface area contributed by atoms with Crippen molar-refractivity contribution in [3.8, 4) is 5.75 Å². The van der Waals surface area contributed by atoms with Crippen molar-refractivity contribution in [2.45, 2.75) is 19.4 Å². The molecule has 0 saturated carbocycles. The lowest BCUT2D eigenvalue weighted by molar-refractivity contribution is 0.0283. The second-order valence-corrected chi connectivity index (χ2v) is 5.67. The van der Waals surface area contributed by atoms with E-state index >= 15 is 0 Å². The van der Waals surface area contributed by atoms with Gasteiger partial charge in [0, 0.05) is 4.47 Å². The number of pyridine rings is 1. The highest BCUT2D eigenvalue weighted by molar-refractivity contribution is 9.10. The van der Waals surface area contributed by atoms with E-state index < -0.39 is 5.60 Å².